The number of amides is 1. The minimum atomic E-state index is -0.711. The number of nitrogens with zero attached hydrogens (tertiary/aromatic N) is 1. The number of carbonyl (C=O) groups excluding carboxylic acids is 1. The molecule has 1 fully saturated rings. The number of β-amino-alcohol motifs (C(OH)–C–C–N with tert-alkyl or cyclic N) is 1. The van der Waals surface area contributed by atoms with E-state index in [-0.39, 0.29) is 11.8 Å². The number of hydrogen-bond donors (Lipinski definition) is 1. The van der Waals surface area contributed by atoms with Gasteiger partial charge in [0.05, 0.1) is 11.5 Å². The lowest BCUT2D eigenvalue weighted by atomic mass is 9.76. The fourth-order valence-corrected chi connectivity index (χ4v) is 3.11. The molecule has 2 atom stereocenters. The smallest absolute Gasteiger partial charge is 0.230 e. The first-order valence-electron chi connectivity index (χ1n) is 6.66. The molecule has 1 heterocycles. The van der Waals surface area contributed by atoms with Crippen molar-refractivity contribution in [2.24, 2.45) is 0 Å². The number of benzene rings is 1. The lowest BCUT2D eigenvalue weighted by Crippen LogP contribution is -2.51. The van der Waals surface area contributed by atoms with Gasteiger partial charge in [-0.15, -0.1) is 0 Å². The van der Waals surface area contributed by atoms with Crippen molar-refractivity contribution >= 4 is 5.91 Å². The molecule has 0 radical (unpaired) electrons. The Labute approximate surface area is 107 Å². The van der Waals surface area contributed by atoms with Crippen molar-refractivity contribution in [3.05, 3.63) is 35.4 Å². The summed E-state index contributed by atoms with van der Waals surface area (Å²) in [5.41, 5.74) is 1.75. The molecule has 96 valence electrons. The average Bonchev–Trinajstić information content (AvgIpc) is 2.29. The van der Waals surface area contributed by atoms with Crippen LogP contribution in [0.3, 0.4) is 0 Å². The van der Waals surface area contributed by atoms with E-state index in [1.807, 2.05) is 30.0 Å². The molecule has 0 aromatic heterocycles. The van der Waals surface area contributed by atoms with Gasteiger partial charge in [-0.1, -0.05) is 24.3 Å². The van der Waals surface area contributed by atoms with Crippen LogP contribution in [0.25, 0.3) is 0 Å². The van der Waals surface area contributed by atoms with E-state index >= 15 is 0 Å². The predicted molar refractivity (Wildman–Crippen MR) is 69.3 cm³/mol. The summed E-state index contributed by atoms with van der Waals surface area (Å²) in [5, 5.41) is 10.1. The topological polar surface area (TPSA) is 40.5 Å². The van der Waals surface area contributed by atoms with Crippen LogP contribution < -0.4 is 0 Å². The van der Waals surface area contributed by atoms with Crippen LogP contribution in [0.2, 0.25) is 0 Å². The molecule has 1 aliphatic heterocycles. The highest BCUT2D eigenvalue weighted by Gasteiger charge is 2.38. The van der Waals surface area contributed by atoms with Crippen LogP contribution in [0.1, 0.15) is 36.8 Å². The van der Waals surface area contributed by atoms with E-state index < -0.39 is 5.60 Å². The van der Waals surface area contributed by atoms with E-state index in [2.05, 4.69) is 6.07 Å². The minimum Gasteiger partial charge on any atom is -0.388 e. The normalized spacial score (nSPS) is 30.6. The van der Waals surface area contributed by atoms with Crippen molar-refractivity contribution in [2.45, 2.75) is 37.7 Å². The number of piperidine rings is 1. The molecule has 0 spiro atoms. The van der Waals surface area contributed by atoms with Crippen molar-refractivity contribution in [3.63, 3.8) is 0 Å². The van der Waals surface area contributed by atoms with Crippen LogP contribution in [0.5, 0.6) is 0 Å². The standard InChI is InChI=1S/C15H19NO2/c1-15(18)7-4-8-16(10-15)14(17)13-9-11-5-2-3-6-12(11)13/h2-3,5-6,13,18H,4,7-10H2,1H3. The Balaban J connectivity index is 1.74. The third-order valence-electron chi connectivity index (χ3n) is 4.14. The molecule has 1 aliphatic carbocycles. The largest absolute Gasteiger partial charge is 0.388 e. The van der Waals surface area contributed by atoms with Gasteiger partial charge < -0.3 is 10.0 Å². The van der Waals surface area contributed by atoms with Crippen LogP contribution >= 0.6 is 0 Å². The Morgan fingerprint density at radius 1 is 1.44 bits per heavy atom. The highest BCUT2D eigenvalue weighted by atomic mass is 16.3. The van der Waals surface area contributed by atoms with Crippen molar-refractivity contribution in [3.8, 4) is 0 Å². The second-order valence-corrected chi connectivity index (χ2v) is 5.82. The zero-order valence-electron chi connectivity index (χ0n) is 10.7. The van der Waals surface area contributed by atoms with Gasteiger partial charge in [-0.25, -0.2) is 0 Å². The fourth-order valence-electron chi connectivity index (χ4n) is 3.11. The molecular weight excluding hydrogens is 226 g/mol. The van der Waals surface area contributed by atoms with Gasteiger partial charge in [0.25, 0.3) is 0 Å². The van der Waals surface area contributed by atoms with Crippen molar-refractivity contribution < 1.29 is 9.90 Å². The van der Waals surface area contributed by atoms with Crippen LogP contribution in [0.4, 0.5) is 0 Å². The molecule has 3 heteroatoms. The molecule has 1 aromatic carbocycles. The summed E-state index contributed by atoms with van der Waals surface area (Å²) in [6.45, 7) is 3.08. The fraction of sp³-hybridized carbons (Fsp3) is 0.533. The molecule has 3 rings (SSSR count). The number of carbonyl (C=O) groups is 1. The third-order valence-corrected chi connectivity index (χ3v) is 4.14. The van der Waals surface area contributed by atoms with Crippen molar-refractivity contribution in [2.75, 3.05) is 13.1 Å². The third kappa shape index (κ3) is 1.93. The van der Waals surface area contributed by atoms with E-state index in [1.165, 1.54) is 11.1 Å². The van der Waals surface area contributed by atoms with E-state index in [1.54, 1.807) is 0 Å². The average molecular weight is 245 g/mol. The van der Waals surface area contributed by atoms with Gasteiger partial charge in [-0.3, -0.25) is 4.79 Å². The Hall–Kier alpha value is -1.35. The number of hydrogen-bond acceptors (Lipinski definition) is 2. The second-order valence-electron chi connectivity index (χ2n) is 5.82. The second kappa shape index (κ2) is 4.09. The molecule has 1 saturated heterocycles. The summed E-state index contributed by atoms with van der Waals surface area (Å²) < 4.78 is 0. The summed E-state index contributed by atoms with van der Waals surface area (Å²) in [7, 11) is 0. The van der Waals surface area contributed by atoms with Gasteiger partial charge in [-0.05, 0) is 37.3 Å². The first-order chi connectivity index (χ1) is 8.57. The van der Waals surface area contributed by atoms with Crippen molar-refractivity contribution in [1.29, 1.82) is 0 Å². The van der Waals surface area contributed by atoms with Gasteiger partial charge >= 0.3 is 0 Å². The van der Waals surface area contributed by atoms with Crippen LogP contribution in [-0.2, 0) is 11.2 Å². The van der Waals surface area contributed by atoms with E-state index in [0.29, 0.717) is 6.54 Å². The number of likely N-dealkylation sites (tertiary alicyclic amines) is 1. The van der Waals surface area contributed by atoms with Gasteiger partial charge in [0.1, 0.15) is 0 Å². The molecule has 3 nitrogen and oxygen atoms in total. The van der Waals surface area contributed by atoms with Crippen molar-refractivity contribution in [1.82, 2.24) is 4.90 Å². The van der Waals surface area contributed by atoms with Crippen LogP contribution in [0.15, 0.2) is 24.3 Å². The molecule has 1 aromatic rings. The highest BCUT2D eigenvalue weighted by molar-refractivity contribution is 5.87. The van der Waals surface area contributed by atoms with E-state index in [0.717, 1.165) is 25.8 Å². The summed E-state index contributed by atoms with van der Waals surface area (Å²) in [4.78, 5) is 14.3. The summed E-state index contributed by atoms with van der Waals surface area (Å²) in [6, 6.07) is 8.14. The lowest BCUT2D eigenvalue weighted by Gasteiger charge is -2.40. The van der Waals surface area contributed by atoms with Gasteiger partial charge in [-0.2, -0.15) is 0 Å². The summed E-state index contributed by atoms with van der Waals surface area (Å²) >= 11 is 0. The maximum atomic E-state index is 12.4. The molecule has 0 saturated carbocycles. The molecule has 1 amide bonds. The molecular formula is C15H19NO2. The maximum absolute atomic E-state index is 12.4. The number of aliphatic hydroxyl groups is 1. The van der Waals surface area contributed by atoms with Gasteiger partial charge in [0.15, 0.2) is 0 Å². The number of fused-ring (bicyclic) bond motifs is 1. The van der Waals surface area contributed by atoms with Gasteiger partial charge in [0, 0.05) is 13.1 Å². The Morgan fingerprint density at radius 3 is 2.94 bits per heavy atom. The van der Waals surface area contributed by atoms with E-state index in [9.17, 15) is 9.90 Å². The Kier molecular flexibility index (Phi) is 2.67. The Bertz CT molecular complexity index is 481. The zero-order valence-corrected chi connectivity index (χ0v) is 10.7. The highest BCUT2D eigenvalue weighted by Crippen LogP contribution is 2.37. The first-order valence-corrected chi connectivity index (χ1v) is 6.66. The molecule has 2 unspecified atom stereocenters. The molecule has 18 heavy (non-hydrogen) atoms. The maximum Gasteiger partial charge on any atom is 0.230 e. The number of rotatable bonds is 1. The lowest BCUT2D eigenvalue weighted by molar-refractivity contribution is -0.139. The molecule has 0 bridgehead atoms. The van der Waals surface area contributed by atoms with Crippen LogP contribution in [0, 0.1) is 0 Å². The monoisotopic (exact) mass is 245 g/mol. The van der Waals surface area contributed by atoms with Crippen LogP contribution in [-0.4, -0.2) is 34.6 Å². The summed E-state index contributed by atoms with van der Waals surface area (Å²) in [5.74, 6) is 0.212. The summed E-state index contributed by atoms with van der Waals surface area (Å²) in [6.07, 6.45) is 2.54. The molecule has 1 N–H and O–H groups in total. The predicted octanol–water partition coefficient (Wildman–Crippen LogP) is 1.70. The molecule has 2 aliphatic rings. The van der Waals surface area contributed by atoms with E-state index in [4.69, 9.17) is 0 Å². The first kappa shape index (κ1) is 11.7. The van der Waals surface area contributed by atoms with Gasteiger partial charge in [0.2, 0.25) is 5.91 Å². The zero-order chi connectivity index (χ0) is 12.8. The minimum absolute atomic E-state index is 0.0232. The Morgan fingerprint density at radius 2 is 2.22 bits per heavy atom. The quantitative estimate of drug-likeness (QED) is 0.818. The SMILES string of the molecule is CC1(O)CCCN(C(=O)C2Cc3ccccc32)C1.